The molecule has 0 aliphatic carbocycles. The molecule has 0 saturated carbocycles. The van der Waals surface area contributed by atoms with Gasteiger partial charge in [-0.3, -0.25) is 9.59 Å². The van der Waals surface area contributed by atoms with Crippen LogP contribution in [0.25, 0.3) is 0 Å². The lowest BCUT2D eigenvalue weighted by Gasteiger charge is -2.19. The summed E-state index contributed by atoms with van der Waals surface area (Å²) in [6.07, 6.45) is 0.435. The molecule has 1 fully saturated rings. The molecule has 1 aromatic rings. The fourth-order valence-electron chi connectivity index (χ4n) is 2.06. The quantitative estimate of drug-likeness (QED) is 0.837. The second kappa shape index (κ2) is 5.45. The van der Waals surface area contributed by atoms with Crippen molar-refractivity contribution >= 4 is 44.4 Å². The van der Waals surface area contributed by atoms with Gasteiger partial charge in [-0.05, 0) is 34.5 Å². The summed E-state index contributed by atoms with van der Waals surface area (Å²) in [4.78, 5) is 24.9. The van der Waals surface area contributed by atoms with Crippen molar-refractivity contribution in [2.75, 3.05) is 11.4 Å². The molecule has 18 heavy (non-hydrogen) atoms. The lowest BCUT2D eigenvalue weighted by Crippen LogP contribution is -2.25. The summed E-state index contributed by atoms with van der Waals surface area (Å²) in [7, 11) is 0. The van der Waals surface area contributed by atoms with Crippen LogP contribution in [0, 0.1) is 6.92 Å². The highest BCUT2D eigenvalue weighted by Gasteiger charge is 2.32. The predicted octanol–water partition coefficient (Wildman–Crippen LogP) is 3.14. The highest BCUT2D eigenvalue weighted by Crippen LogP contribution is 2.34. The van der Waals surface area contributed by atoms with Crippen molar-refractivity contribution in [2.45, 2.75) is 25.5 Å². The van der Waals surface area contributed by atoms with Crippen LogP contribution >= 0.6 is 27.7 Å². The normalized spacial score (nSPS) is 19.4. The maximum atomic E-state index is 12.0. The fourth-order valence-corrected chi connectivity index (χ4v) is 3.46. The Hall–Kier alpha value is -0.810. The van der Waals surface area contributed by atoms with Gasteiger partial charge < -0.3 is 4.90 Å². The van der Waals surface area contributed by atoms with Gasteiger partial charge in [0.2, 0.25) is 5.91 Å². The van der Waals surface area contributed by atoms with Crippen LogP contribution in [0.2, 0.25) is 0 Å². The molecule has 0 bridgehead atoms. The summed E-state index contributed by atoms with van der Waals surface area (Å²) >= 11 is 4.78. The molecule has 0 radical (unpaired) electrons. The van der Waals surface area contributed by atoms with Crippen LogP contribution < -0.4 is 4.90 Å². The number of hydrogen-bond donors (Lipinski definition) is 0. The van der Waals surface area contributed by atoms with E-state index in [0.29, 0.717) is 13.0 Å². The van der Waals surface area contributed by atoms with Gasteiger partial charge in [0, 0.05) is 29.6 Å². The lowest BCUT2D eigenvalue weighted by atomic mass is 10.2. The van der Waals surface area contributed by atoms with E-state index in [1.807, 2.05) is 25.1 Å². The summed E-state index contributed by atoms with van der Waals surface area (Å²) in [6.45, 7) is 4.14. The van der Waals surface area contributed by atoms with E-state index in [-0.39, 0.29) is 16.3 Å². The van der Waals surface area contributed by atoms with Crippen LogP contribution in [0.4, 0.5) is 5.69 Å². The van der Waals surface area contributed by atoms with Crippen molar-refractivity contribution < 1.29 is 9.59 Å². The molecule has 96 valence electrons. The summed E-state index contributed by atoms with van der Waals surface area (Å²) < 4.78 is 0.951. The lowest BCUT2D eigenvalue weighted by molar-refractivity contribution is -0.117. The molecule has 1 unspecified atom stereocenters. The second-order valence-corrected chi connectivity index (χ2v) is 6.62. The van der Waals surface area contributed by atoms with Gasteiger partial charge in [-0.25, -0.2) is 0 Å². The van der Waals surface area contributed by atoms with E-state index in [1.165, 1.54) is 11.8 Å². The molecule has 5 heteroatoms. The van der Waals surface area contributed by atoms with Gasteiger partial charge in [0.05, 0.1) is 5.69 Å². The average Bonchev–Trinajstić information content (AvgIpc) is 2.62. The van der Waals surface area contributed by atoms with Crippen molar-refractivity contribution in [3.05, 3.63) is 28.2 Å². The average molecular weight is 328 g/mol. The van der Waals surface area contributed by atoms with Gasteiger partial charge in [0.15, 0.2) is 5.12 Å². The highest BCUT2D eigenvalue weighted by molar-refractivity contribution is 9.10. The van der Waals surface area contributed by atoms with Crippen molar-refractivity contribution in [1.82, 2.24) is 0 Å². The smallest absolute Gasteiger partial charge is 0.228 e. The number of rotatable bonds is 2. The number of carbonyl (C=O) groups excluding carboxylic acids is 2. The topological polar surface area (TPSA) is 37.4 Å². The fraction of sp³-hybridized carbons (Fsp3) is 0.385. The van der Waals surface area contributed by atoms with E-state index in [9.17, 15) is 9.59 Å². The molecule has 3 nitrogen and oxygen atoms in total. The Bertz CT molecular complexity index is 504. The third-order valence-electron chi connectivity index (χ3n) is 2.88. The number of hydrogen-bond acceptors (Lipinski definition) is 3. The van der Waals surface area contributed by atoms with Crippen LogP contribution in [0.5, 0.6) is 0 Å². The van der Waals surface area contributed by atoms with Crippen LogP contribution in [0.1, 0.15) is 18.9 Å². The van der Waals surface area contributed by atoms with E-state index in [2.05, 4.69) is 15.9 Å². The van der Waals surface area contributed by atoms with Crippen molar-refractivity contribution in [3.8, 4) is 0 Å². The predicted molar refractivity (Wildman–Crippen MR) is 77.9 cm³/mol. The summed E-state index contributed by atoms with van der Waals surface area (Å²) in [5.41, 5.74) is 2.00. The zero-order chi connectivity index (χ0) is 13.3. The standard InChI is InChI=1S/C13H14BrNO2S/c1-8-4-3-5-11(13(8)14)15-7-10(6-12(15)17)18-9(2)16/h3-5,10H,6-7H2,1-2H3. The minimum Gasteiger partial charge on any atom is -0.310 e. The Morgan fingerprint density at radius 3 is 2.89 bits per heavy atom. The Labute approximate surface area is 119 Å². The number of anilines is 1. The maximum absolute atomic E-state index is 12.0. The Kier molecular flexibility index (Phi) is 4.12. The monoisotopic (exact) mass is 327 g/mol. The molecular weight excluding hydrogens is 314 g/mol. The first-order valence-corrected chi connectivity index (χ1v) is 7.39. The molecule has 1 heterocycles. The Morgan fingerprint density at radius 1 is 1.50 bits per heavy atom. The van der Waals surface area contributed by atoms with E-state index in [0.717, 1.165) is 15.7 Å². The zero-order valence-corrected chi connectivity index (χ0v) is 12.7. The molecule has 0 N–H and O–H groups in total. The third kappa shape index (κ3) is 2.78. The van der Waals surface area contributed by atoms with Crippen LogP contribution in [-0.2, 0) is 9.59 Å². The maximum Gasteiger partial charge on any atom is 0.228 e. The molecule has 2 rings (SSSR count). The van der Waals surface area contributed by atoms with Gasteiger partial charge in [0.1, 0.15) is 0 Å². The number of aryl methyl sites for hydroxylation is 1. The number of benzene rings is 1. The highest BCUT2D eigenvalue weighted by atomic mass is 79.9. The largest absolute Gasteiger partial charge is 0.310 e. The number of amides is 1. The van der Waals surface area contributed by atoms with Gasteiger partial charge >= 0.3 is 0 Å². The SMILES string of the molecule is CC(=O)SC1CC(=O)N(c2cccc(C)c2Br)C1. The third-order valence-corrected chi connectivity index (χ3v) is 4.90. The molecule has 1 aliphatic heterocycles. The molecule has 1 atom stereocenters. The first-order chi connectivity index (χ1) is 8.49. The number of thioether (sulfide) groups is 1. The molecule has 0 spiro atoms. The molecule has 1 aromatic carbocycles. The van der Waals surface area contributed by atoms with Crippen LogP contribution in [-0.4, -0.2) is 22.8 Å². The number of halogens is 1. The second-order valence-electron chi connectivity index (χ2n) is 4.35. The van der Waals surface area contributed by atoms with E-state index >= 15 is 0 Å². The molecular formula is C13H14BrNO2S. The molecule has 0 aromatic heterocycles. The Balaban J connectivity index is 2.22. The van der Waals surface area contributed by atoms with Crippen molar-refractivity contribution in [2.24, 2.45) is 0 Å². The van der Waals surface area contributed by atoms with Gasteiger partial charge in [0.25, 0.3) is 0 Å². The molecule has 1 saturated heterocycles. The van der Waals surface area contributed by atoms with Crippen molar-refractivity contribution in [3.63, 3.8) is 0 Å². The summed E-state index contributed by atoms with van der Waals surface area (Å²) in [5.74, 6) is 0.0834. The minimum absolute atomic E-state index is 0.0676. The number of carbonyl (C=O) groups is 2. The van der Waals surface area contributed by atoms with E-state index < -0.39 is 0 Å². The minimum atomic E-state index is 0.0676. The van der Waals surface area contributed by atoms with E-state index in [4.69, 9.17) is 0 Å². The summed E-state index contributed by atoms with van der Waals surface area (Å²) in [5, 5.41) is 0.139. The van der Waals surface area contributed by atoms with Crippen LogP contribution in [0.3, 0.4) is 0 Å². The van der Waals surface area contributed by atoms with E-state index in [1.54, 1.807) is 11.8 Å². The van der Waals surface area contributed by atoms with Crippen LogP contribution in [0.15, 0.2) is 22.7 Å². The molecule has 1 amide bonds. The van der Waals surface area contributed by atoms with Crippen molar-refractivity contribution in [1.29, 1.82) is 0 Å². The first kappa shape index (κ1) is 13.6. The van der Waals surface area contributed by atoms with Gasteiger partial charge in [-0.15, -0.1) is 0 Å². The summed E-state index contributed by atoms with van der Waals surface area (Å²) in [6, 6.07) is 5.86. The zero-order valence-electron chi connectivity index (χ0n) is 10.3. The van der Waals surface area contributed by atoms with Gasteiger partial charge in [-0.2, -0.15) is 0 Å². The number of nitrogens with zero attached hydrogens (tertiary/aromatic N) is 1. The van der Waals surface area contributed by atoms with Gasteiger partial charge in [-0.1, -0.05) is 23.9 Å². The Morgan fingerprint density at radius 2 is 2.22 bits per heavy atom. The first-order valence-electron chi connectivity index (χ1n) is 5.71. The molecule has 1 aliphatic rings.